The quantitative estimate of drug-likeness (QED) is 0.653. The predicted molar refractivity (Wildman–Crippen MR) is 106 cm³/mol. The molecule has 0 unspecified atom stereocenters. The molecule has 0 atom stereocenters. The van der Waals surface area contributed by atoms with Crippen molar-refractivity contribution in [2.75, 3.05) is 11.1 Å². The molecule has 1 heterocycles. The Hall–Kier alpha value is -1.96. The molecule has 3 aromatic rings. The number of aromatic nitrogens is 1. The van der Waals surface area contributed by atoms with Crippen LogP contribution in [0.2, 0.25) is 5.02 Å². The molecule has 0 saturated heterocycles. The number of carbonyl (C=O) groups is 1. The van der Waals surface area contributed by atoms with Crippen LogP contribution in [0, 0.1) is 6.92 Å². The molecule has 26 heavy (non-hydrogen) atoms. The molecule has 3 rings (SSSR count). The minimum Gasteiger partial charge on any atom is -0.302 e. The fraction of sp³-hybridized carbons (Fsp3) is 0.222. The average Bonchev–Trinajstić information content (AvgIpc) is 2.96. The van der Waals surface area contributed by atoms with Gasteiger partial charge in [-0.2, -0.15) is 0 Å². The van der Waals surface area contributed by atoms with Gasteiger partial charge < -0.3 is 5.32 Å². The van der Waals surface area contributed by atoms with E-state index in [4.69, 9.17) is 11.6 Å². The first-order valence-corrected chi connectivity index (χ1v) is 10.8. The Balaban J connectivity index is 1.55. The van der Waals surface area contributed by atoms with Gasteiger partial charge in [0.15, 0.2) is 15.0 Å². The Kier molecular flexibility index (Phi) is 5.60. The first-order chi connectivity index (χ1) is 12.3. The Morgan fingerprint density at radius 3 is 2.65 bits per heavy atom. The molecular formula is C18H17ClN2O3S2. The second-order valence-corrected chi connectivity index (χ2v) is 9.49. The molecule has 8 heteroatoms. The van der Waals surface area contributed by atoms with Gasteiger partial charge in [0.2, 0.25) is 5.91 Å². The number of nitrogens with one attached hydrogen (secondary N) is 1. The van der Waals surface area contributed by atoms with Crippen LogP contribution >= 0.6 is 22.9 Å². The first kappa shape index (κ1) is 18.8. The highest BCUT2D eigenvalue weighted by atomic mass is 35.5. The number of hydrogen-bond acceptors (Lipinski definition) is 5. The first-order valence-electron chi connectivity index (χ1n) is 7.99. The van der Waals surface area contributed by atoms with E-state index in [0.717, 1.165) is 15.8 Å². The van der Waals surface area contributed by atoms with E-state index in [-0.39, 0.29) is 29.4 Å². The largest absolute Gasteiger partial charge is 0.302 e. The van der Waals surface area contributed by atoms with Crippen molar-refractivity contribution in [3.05, 3.63) is 53.1 Å². The summed E-state index contributed by atoms with van der Waals surface area (Å²) in [7, 11) is -3.42. The standard InChI is InChI=1S/C18H17ClN2O3S2/c1-12-4-9-15-16(11-12)25-18(20-15)21-17(22)3-2-10-26(23,24)14-7-5-13(19)6-8-14/h4-9,11H,2-3,10H2,1H3,(H,20,21,22). The molecule has 0 aliphatic carbocycles. The van der Waals surface area contributed by atoms with Gasteiger partial charge in [-0.1, -0.05) is 29.0 Å². The number of hydrogen-bond donors (Lipinski definition) is 1. The van der Waals surface area contributed by atoms with Gasteiger partial charge in [-0.25, -0.2) is 13.4 Å². The van der Waals surface area contributed by atoms with E-state index in [1.165, 1.54) is 35.6 Å². The van der Waals surface area contributed by atoms with Crippen LogP contribution in [-0.2, 0) is 14.6 Å². The summed E-state index contributed by atoms with van der Waals surface area (Å²) in [4.78, 5) is 16.6. The second-order valence-electron chi connectivity index (χ2n) is 5.91. The third kappa shape index (κ3) is 4.60. The molecule has 2 aromatic carbocycles. The Labute approximate surface area is 160 Å². The van der Waals surface area contributed by atoms with E-state index in [9.17, 15) is 13.2 Å². The highest BCUT2D eigenvalue weighted by Crippen LogP contribution is 2.26. The number of aryl methyl sites for hydroxylation is 1. The van der Waals surface area contributed by atoms with Crippen LogP contribution < -0.4 is 5.32 Å². The van der Waals surface area contributed by atoms with Gasteiger partial charge in [-0.3, -0.25) is 4.79 Å². The van der Waals surface area contributed by atoms with Crippen molar-refractivity contribution in [1.82, 2.24) is 4.98 Å². The number of rotatable bonds is 6. The zero-order chi connectivity index (χ0) is 18.7. The normalized spacial score (nSPS) is 11.6. The van der Waals surface area contributed by atoms with Crippen LogP contribution in [0.25, 0.3) is 10.2 Å². The lowest BCUT2D eigenvalue weighted by Gasteiger charge is -2.05. The van der Waals surface area contributed by atoms with Crippen molar-refractivity contribution in [3.8, 4) is 0 Å². The van der Waals surface area contributed by atoms with Gasteiger partial charge in [0.1, 0.15) is 0 Å². The molecule has 136 valence electrons. The number of halogens is 1. The number of benzene rings is 2. The third-order valence-corrected chi connectivity index (χ3v) is 6.78. The molecule has 0 radical (unpaired) electrons. The third-order valence-electron chi connectivity index (χ3n) is 3.78. The van der Waals surface area contributed by atoms with Crippen LogP contribution in [-0.4, -0.2) is 25.1 Å². The topological polar surface area (TPSA) is 76.1 Å². The maximum absolute atomic E-state index is 12.2. The number of nitrogens with zero attached hydrogens (tertiary/aromatic N) is 1. The average molecular weight is 409 g/mol. The molecule has 0 saturated carbocycles. The van der Waals surface area contributed by atoms with E-state index in [1.54, 1.807) is 0 Å². The van der Waals surface area contributed by atoms with Crippen molar-refractivity contribution in [2.24, 2.45) is 0 Å². The smallest absolute Gasteiger partial charge is 0.226 e. The number of fused-ring (bicyclic) bond motifs is 1. The summed E-state index contributed by atoms with van der Waals surface area (Å²) in [5, 5.41) is 3.75. The molecule has 0 spiro atoms. The lowest BCUT2D eigenvalue weighted by atomic mass is 10.2. The molecule has 5 nitrogen and oxygen atoms in total. The van der Waals surface area contributed by atoms with Crippen LogP contribution in [0.3, 0.4) is 0 Å². The van der Waals surface area contributed by atoms with Gasteiger partial charge in [0.05, 0.1) is 20.9 Å². The highest BCUT2D eigenvalue weighted by molar-refractivity contribution is 7.91. The second kappa shape index (κ2) is 7.73. The maximum atomic E-state index is 12.2. The minimum absolute atomic E-state index is 0.0961. The minimum atomic E-state index is -3.42. The number of amides is 1. The van der Waals surface area contributed by atoms with Crippen molar-refractivity contribution in [3.63, 3.8) is 0 Å². The van der Waals surface area contributed by atoms with Crippen molar-refractivity contribution < 1.29 is 13.2 Å². The highest BCUT2D eigenvalue weighted by Gasteiger charge is 2.15. The van der Waals surface area contributed by atoms with Crippen LogP contribution in [0.15, 0.2) is 47.4 Å². The molecule has 0 bridgehead atoms. The number of anilines is 1. The van der Waals surface area contributed by atoms with E-state index >= 15 is 0 Å². The van der Waals surface area contributed by atoms with Gasteiger partial charge in [-0.15, -0.1) is 0 Å². The summed E-state index contributed by atoms with van der Waals surface area (Å²) in [5.74, 6) is -0.340. The van der Waals surface area contributed by atoms with Gasteiger partial charge in [-0.05, 0) is 55.3 Å². The predicted octanol–water partition coefficient (Wildman–Crippen LogP) is 4.45. The van der Waals surface area contributed by atoms with Crippen LogP contribution in [0.4, 0.5) is 5.13 Å². The van der Waals surface area contributed by atoms with Gasteiger partial charge >= 0.3 is 0 Å². The molecule has 1 N–H and O–H groups in total. The summed E-state index contributed by atoms with van der Waals surface area (Å²) >= 11 is 7.17. The van der Waals surface area contributed by atoms with Gasteiger partial charge in [0, 0.05) is 11.4 Å². The Morgan fingerprint density at radius 2 is 1.92 bits per heavy atom. The summed E-state index contributed by atoms with van der Waals surface area (Å²) in [6.07, 6.45) is 0.350. The summed E-state index contributed by atoms with van der Waals surface area (Å²) in [6, 6.07) is 11.9. The van der Waals surface area contributed by atoms with Crippen molar-refractivity contribution in [2.45, 2.75) is 24.7 Å². The van der Waals surface area contributed by atoms with E-state index in [0.29, 0.717) is 10.2 Å². The molecule has 1 amide bonds. The maximum Gasteiger partial charge on any atom is 0.226 e. The molecule has 0 aliphatic rings. The van der Waals surface area contributed by atoms with E-state index in [2.05, 4.69) is 10.3 Å². The molecule has 1 aromatic heterocycles. The van der Waals surface area contributed by atoms with Crippen molar-refractivity contribution in [1.29, 1.82) is 0 Å². The van der Waals surface area contributed by atoms with Crippen LogP contribution in [0.5, 0.6) is 0 Å². The van der Waals surface area contributed by atoms with Gasteiger partial charge in [0.25, 0.3) is 0 Å². The number of sulfone groups is 1. The molecule has 0 aliphatic heterocycles. The van der Waals surface area contributed by atoms with Crippen LogP contribution in [0.1, 0.15) is 18.4 Å². The van der Waals surface area contributed by atoms with Crippen molar-refractivity contribution >= 4 is 54.0 Å². The fourth-order valence-electron chi connectivity index (χ4n) is 2.45. The van der Waals surface area contributed by atoms with E-state index in [1.807, 2.05) is 25.1 Å². The molecular weight excluding hydrogens is 392 g/mol. The summed E-state index contributed by atoms with van der Waals surface area (Å²) in [6.45, 7) is 2.00. The zero-order valence-corrected chi connectivity index (χ0v) is 16.4. The monoisotopic (exact) mass is 408 g/mol. The summed E-state index contributed by atoms with van der Waals surface area (Å²) in [5.41, 5.74) is 1.97. The lowest BCUT2D eigenvalue weighted by molar-refractivity contribution is -0.116. The fourth-order valence-corrected chi connectivity index (χ4v) is 4.87. The Bertz CT molecular complexity index is 1040. The number of thiazole rings is 1. The Morgan fingerprint density at radius 1 is 1.19 bits per heavy atom. The van der Waals surface area contributed by atoms with E-state index < -0.39 is 9.84 Å². The summed E-state index contributed by atoms with van der Waals surface area (Å²) < 4.78 is 25.5. The SMILES string of the molecule is Cc1ccc2nc(NC(=O)CCCS(=O)(=O)c3ccc(Cl)cc3)sc2c1. The molecule has 0 fully saturated rings. The zero-order valence-electron chi connectivity index (χ0n) is 14.0. The lowest BCUT2D eigenvalue weighted by Crippen LogP contribution is -2.14. The number of carbonyl (C=O) groups excluding carboxylic acids is 1.